The number of rotatable bonds is 4. The Hall–Kier alpha value is -2.66. The van der Waals surface area contributed by atoms with Crippen molar-refractivity contribution in [2.24, 2.45) is 0 Å². The Kier molecular flexibility index (Phi) is 5.14. The number of halogens is 1. The molecule has 0 amide bonds. The Balaban J connectivity index is 1.82. The Bertz CT molecular complexity index is 795. The van der Waals surface area contributed by atoms with Gasteiger partial charge in [0.15, 0.2) is 0 Å². The minimum absolute atomic E-state index is 0.0653. The van der Waals surface area contributed by atoms with Gasteiger partial charge >= 0.3 is 5.97 Å². The number of carbonyl (C=O) groups excluding carboxylic acids is 1. The summed E-state index contributed by atoms with van der Waals surface area (Å²) in [5.74, 6) is -0.381. The van der Waals surface area contributed by atoms with Crippen LogP contribution < -0.4 is 4.74 Å². The van der Waals surface area contributed by atoms with Gasteiger partial charge in [0.05, 0.1) is 6.61 Å². The lowest BCUT2D eigenvalue weighted by Crippen LogP contribution is -2.19. The molecule has 0 saturated carbocycles. The molecule has 5 heteroatoms. The zero-order valence-electron chi connectivity index (χ0n) is 14.1. The summed E-state index contributed by atoms with van der Waals surface area (Å²) in [6, 6.07) is 12.2. The average molecular weight is 342 g/mol. The molecule has 3 rings (SSSR count). The molecule has 0 bridgehead atoms. The maximum Gasteiger partial charge on any atom is 0.331 e. The third-order valence-electron chi connectivity index (χ3n) is 3.67. The van der Waals surface area contributed by atoms with E-state index in [1.165, 1.54) is 18.2 Å². The molecule has 0 fully saturated rings. The van der Waals surface area contributed by atoms with Gasteiger partial charge in [-0.3, -0.25) is 0 Å². The zero-order valence-corrected chi connectivity index (χ0v) is 14.1. The summed E-state index contributed by atoms with van der Waals surface area (Å²) in [7, 11) is 0. The molecule has 0 spiro atoms. The van der Waals surface area contributed by atoms with Gasteiger partial charge in [-0.05, 0) is 26.0 Å². The lowest BCUT2D eigenvalue weighted by Gasteiger charge is -2.28. The Labute approximate surface area is 145 Å². The van der Waals surface area contributed by atoms with Gasteiger partial charge in [0.2, 0.25) is 6.29 Å². The van der Waals surface area contributed by atoms with Crippen LogP contribution in [0.2, 0.25) is 0 Å². The van der Waals surface area contributed by atoms with Crippen LogP contribution in [-0.2, 0) is 27.5 Å². The summed E-state index contributed by atoms with van der Waals surface area (Å²) in [5, 5.41) is 0. The van der Waals surface area contributed by atoms with Crippen LogP contribution in [0.25, 0.3) is 0 Å². The van der Waals surface area contributed by atoms with Gasteiger partial charge in [-0.2, -0.15) is 0 Å². The van der Waals surface area contributed by atoms with Gasteiger partial charge in [0.1, 0.15) is 18.2 Å². The van der Waals surface area contributed by atoms with Crippen molar-refractivity contribution in [1.82, 2.24) is 0 Å². The first-order chi connectivity index (χ1) is 12.0. The second kappa shape index (κ2) is 7.49. The highest BCUT2D eigenvalue weighted by molar-refractivity contribution is 5.82. The highest BCUT2D eigenvalue weighted by atomic mass is 19.1. The molecule has 0 aliphatic carbocycles. The van der Waals surface area contributed by atoms with Crippen LogP contribution in [-0.4, -0.2) is 5.97 Å². The molecule has 1 heterocycles. The fraction of sp³-hybridized carbons (Fsp3) is 0.250. The molecule has 0 saturated heterocycles. The number of allylic oxidation sites excluding steroid dienone is 1. The van der Waals surface area contributed by atoms with Crippen molar-refractivity contribution in [2.75, 3.05) is 0 Å². The number of fused-ring (bicyclic) bond motifs is 1. The SMILES string of the molecule is CC(C)=CC(=O)OCc1cc(F)cc2c1O[C@H](c1ccccc1)OC2. The highest BCUT2D eigenvalue weighted by Crippen LogP contribution is 2.36. The summed E-state index contributed by atoms with van der Waals surface area (Å²) >= 11 is 0. The van der Waals surface area contributed by atoms with Gasteiger partial charge in [-0.15, -0.1) is 0 Å². The predicted octanol–water partition coefficient (Wildman–Crippen LogP) is 4.44. The van der Waals surface area contributed by atoms with E-state index in [4.69, 9.17) is 14.2 Å². The molecule has 4 nitrogen and oxygen atoms in total. The third kappa shape index (κ3) is 4.25. The number of esters is 1. The minimum Gasteiger partial charge on any atom is -0.460 e. The van der Waals surface area contributed by atoms with E-state index in [1.54, 1.807) is 13.8 Å². The van der Waals surface area contributed by atoms with Crippen molar-refractivity contribution >= 4 is 5.97 Å². The third-order valence-corrected chi connectivity index (χ3v) is 3.67. The van der Waals surface area contributed by atoms with E-state index in [0.717, 1.165) is 11.1 Å². The second-order valence-electron chi connectivity index (χ2n) is 6.05. The smallest absolute Gasteiger partial charge is 0.331 e. The zero-order chi connectivity index (χ0) is 17.8. The molecule has 0 N–H and O–H groups in total. The van der Waals surface area contributed by atoms with Gasteiger partial charge in [-0.1, -0.05) is 35.9 Å². The summed E-state index contributed by atoms with van der Waals surface area (Å²) in [4.78, 5) is 11.7. The maximum absolute atomic E-state index is 13.8. The molecule has 1 aliphatic rings. The molecule has 2 aromatic rings. The van der Waals surface area contributed by atoms with E-state index >= 15 is 0 Å². The average Bonchev–Trinajstić information content (AvgIpc) is 2.59. The molecule has 2 aromatic carbocycles. The van der Waals surface area contributed by atoms with Crippen molar-refractivity contribution < 1.29 is 23.4 Å². The summed E-state index contributed by atoms with van der Waals surface area (Å²) in [5.41, 5.74) is 2.78. The summed E-state index contributed by atoms with van der Waals surface area (Å²) < 4.78 is 30.6. The van der Waals surface area contributed by atoms with Crippen LogP contribution in [0.1, 0.15) is 36.8 Å². The predicted molar refractivity (Wildman–Crippen MR) is 90.2 cm³/mol. The Morgan fingerprint density at radius 3 is 2.76 bits per heavy atom. The van der Waals surface area contributed by atoms with Crippen LogP contribution in [0.15, 0.2) is 54.1 Å². The van der Waals surface area contributed by atoms with Gasteiger partial charge in [-0.25, -0.2) is 9.18 Å². The Morgan fingerprint density at radius 1 is 1.28 bits per heavy atom. The summed E-state index contributed by atoms with van der Waals surface area (Å²) in [6.45, 7) is 3.76. The maximum atomic E-state index is 13.8. The van der Waals surface area contributed by atoms with Crippen molar-refractivity contribution in [3.05, 3.63) is 76.6 Å². The first-order valence-corrected chi connectivity index (χ1v) is 7.99. The van der Waals surface area contributed by atoms with E-state index < -0.39 is 18.1 Å². The molecule has 1 aliphatic heterocycles. The highest BCUT2D eigenvalue weighted by Gasteiger charge is 2.25. The fourth-order valence-corrected chi connectivity index (χ4v) is 2.58. The molecular weight excluding hydrogens is 323 g/mol. The van der Waals surface area contributed by atoms with Crippen LogP contribution in [0.5, 0.6) is 5.75 Å². The quantitative estimate of drug-likeness (QED) is 0.608. The topological polar surface area (TPSA) is 44.8 Å². The fourth-order valence-electron chi connectivity index (χ4n) is 2.58. The molecule has 1 atom stereocenters. The van der Waals surface area contributed by atoms with Crippen molar-refractivity contribution in [3.8, 4) is 5.75 Å². The van der Waals surface area contributed by atoms with Crippen molar-refractivity contribution in [3.63, 3.8) is 0 Å². The lowest BCUT2D eigenvalue weighted by atomic mass is 10.1. The molecule has 0 aromatic heterocycles. The lowest BCUT2D eigenvalue weighted by molar-refractivity contribution is -0.139. The van der Waals surface area contributed by atoms with Gasteiger partial charge < -0.3 is 14.2 Å². The monoisotopic (exact) mass is 342 g/mol. The second-order valence-corrected chi connectivity index (χ2v) is 6.05. The van der Waals surface area contributed by atoms with Crippen molar-refractivity contribution in [2.45, 2.75) is 33.4 Å². The molecule has 0 radical (unpaired) electrons. The largest absolute Gasteiger partial charge is 0.460 e. The number of ether oxygens (including phenoxy) is 3. The van der Waals surface area contributed by atoms with Crippen LogP contribution in [0, 0.1) is 5.82 Å². The molecule has 0 unspecified atom stereocenters. The first-order valence-electron chi connectivity index (χ1n) is 7.99. The standard InChI is InChI=1S/C20H19FO4/c1-13(2)8-18(22)23-11-15-9-17(21)10-16-12-24-20(25-19(15)16)14-6-4-3-5-7-14/h3-10,20H,11-12H2,1-2H3/t20-/m1/s1. The normalized spacial score (nSPS) is 15.7. The summed E-state index contributed by atoms with van der Waals surface area (Å²) in [6.07, 6.45) is 0.814. The van der Waals surface area contributed by atoms with Crippen molar-refractivity contribution in [1.29, 1.82) is 0 Å². The number of carbonyl (C=O) groups is 1. The van der Waals surface area contributed by atoms with E-state index in [-0.39, 0.29) is 13.2 Å². The molecule has 130 valence electrons. The van der Waals surface area contributed by atoms with E-state index in [1.807, 2.05) is 30.3 Å². The van der Waals surface area contributed by atoms with Gasteiger partial charge in [0.25, 0.3) is 0 Å². The van der Waals surface area contributed by atoms with Crippen LogP contribution >= 0.6 is 0 Å². The molecular formula is C20H19FO4. The number of benzene rings is 2. The van der Waals surface area contributed by atoms with E-state index in [2.05, 4.69) is 0 Å². The van der Waals surface area contributed by atoms with Crippen LogP contribution in [0.3, 0.4) is 0 Å². The van der Waals surface area contributed by atoms with E-state index in [0.29, 0.717) is 16.9 Å². The Morgan fingerprint density at radius 2 is 2.04 bits per heavy atom. The number of hydrogen-bond acceptors (Lipinski definition) is 4. The minimum atomic E-state index is -0.577. The first kappa shape index (κ1) is 17.2. The molecule has 25 heavy (non-hydrogen) atoms. The van der Waals surface area contributed by atoms with E-state index in [9.17, 15) is 9.18 Å². The number of hydrogen-bond donors (Lipinski definition) is 0. The van der Waals surface area contributed by atoms with Gasteiger partial charge in [0, 0.05) is 22.8 Å². The van der Waals surface area contributed by atoms with Crippen LogP contribution in [0.4, 0.5) is 4.39 Å².